The molecule has 1 aromatic rings. The number of hydrogen-bond donors (Lipinski definition) is 2. The minimum absolute atomic E-state index is 0.0731. The highest BCUT2D eigenvalue weighted by Gasteiger charge is 2.31. The number of halogens is 2. The molecule has 13 heavy (non-hydrogen) atoms. The van der Waals surface area contributed by atoms with Crippen LogP contribution in [0.15, 0.2) is 12.1 Å². The molecule has 1 aliphatic heterocycles. The van der Waals surface area contributed by atoms with Gasteiger partial charge in [0.2, 0.25) is 0 Å². The summed E-state index contributed by atoms with van der Waals surface area (Å²) in [5, 5.41) is 11.2. The van der Waals surface area contributed by atoms with Gasteiger partial charge < -0.3 is 10.4 Å². The van der Waals surface area contributed by atoms with E-state index in [9.17, 15) is 13.6 Å². The molecule has 1 amide bonds. The minimum Gasteiger partial charge on any atom is -0.378 e. The molecule has 1 heterocycles. The van der Waals surface area contributed by atoms with Crippen molar-refractivity contribution in [3.63, 3.8) is 0 Å². The Kier molecular flexibility index (Phi) is 1.56. The smallest absolute Gasteiger partial charge is 0.258 e. The fraction of sp³-hybridized carbons (Fsp3) is 0.125. The normalized spacial score (nSPS) is 19.9. The van der Waals surface area contributed by atoms with Crippen LogP contribution in [0.2, 0.25) is 0 Å². The lowest BCUT2D eigenvalue weighted by Gasteiger charge is -2.00. The molecule has 1 unspecified atom stereocenters. The number of carbonyl (C=O) groups excluding carboxylic acids is 1. The van der Waals surface area contributed by atoms with Crippen molar-refractivity contribution < 1.29 is 18.7 Å². The van der Waals surface area contributed by atoms with Gasteiger partial charge in [0.05, 0.1) is 5.69 Å². The Morgan fingerprint density at radius 2 is 2.08 bits per heavy atom. The molecule has 1 aromatic carbocycles. The molecule has 68 valence electrons. The van der Waals surface area contributed by atoms with Crippen LogP contribution in [-0.4, -0.2) is 11.0 Å². The highest BCUT2D eigenvalue weighted by molar-refractivity contribution is 6.01. The molecule has 0 radical (unpaired) electrons. The van der Waals surface area contributed by atoms with E-state index in [1.807, 2.05) is 0 Å². The summed E-state index contributed by atoms with van der Waals surface area (Å²) in [4.78, 5) is 10.8. The lowest BCUT2D eigenvalue weighted by atomic mass is 10.1. The lowest BCUT2D eigenvalue weighted by molar-refractivity contribution is -0.123. The Morgan fingerprint density at radius 1 is 1.38 bits per heavy atom. The quantitative estimate of drug-likeness (QED) is 0.632. The summed E-state index contributed by atoms with van der Waals surface area (Å²) < 4.78 is 25.6. The summed E-state index contributed by atoms with van der Waals surface area (Å²) in [7, 11) is 0. The van der Waals surface area contributed by atoms with E-state index >= 15 is 0 Å². The second kappa shape index (κ2) is 2.50. The third-order valence-electron chi connectivity index (χ3n) is 1.92. The predicted octanol–water partition coefficient (Wildman–Crippen LogP) is 0.950. The summed E-state index contributed by atoms with van der Waals surface area (Å²) in [5.41, 5.74) is -0.193. The van der Waals surface area contributed by atoms with Crippen molar-refractivity contribution in [2.45, 2.75) is 6.10 Å². The van der Waals surface area contributed by atoms with Gasteiger partial charge in [0.15, 0.2) is 17.7 Å². The maximum Gasteiger partial charge on any atom is 0.258 e. The topological polar surface area (TPSA) is 49.3 Å². The van der Waals surface area contributed by atoms with Gasteiger partial charge in [-0.3, -0.25) is 4.79 Å². The van der Waals surface area contributed by atoms with Gasteiger partial charge in [-0.25, -0.2) is 8.78 Å². The second-order valence-corrected chi connectivity index (χ2v) is 2.72. The summed E-state index contributed by atoms with van der Waals surface area (Å²) >= 11 is 0. The second-order valence-electron chi connectivity index (χ2n) is 2.72. The Bertz CT molecular complexity index is 392. The molecule has 0 saturated heterocycles. The monoisotopic (exact) mass is 185 g/mol. The largest absolute Gasteiger partial charge is 0.378 e. The molecule has 0 bridgehead atoms. The molecule has 0 aromatic heterocycles. The first-order chi connectivity index (χ1) is 6.11. The highest BCUT2D eigenvalue weighted by Crippen LogP contribution is 2.33. The lowest BCUT2D eigenvalue weighted by Crippen LogP contribution is -2.10. The van der Waals surface area contributed by atoms with E-state index in [4.69, 9.17) is 5.11 Å². The number of aliphatic hydroxyl groups is 1. The first-order valence-electron chi connectivity index (χ1n) is 3.58. The highest BCUT2D eigenvalue weighted by atomic mass is 19.2. The van der Waals surface area contributed by atoms with Gasteiger partial charge in [0.25, 0.3) is 5.91 Å². The maximum absolute atomic E-state index is 12.9. The molecular weight excluding hydrogens is 180 g/mol. The van der Waals surface area contributed by atoms with E-state index in [-0.39, 0.29) is 11.3 Å². The molecule has 0 fully saturated rings. The van der Waals surface area contributed by atoms with Crippen LogP contribution in [0.1, 0.15) is 11.7 Å². The number of rotatable bonds is 0. The zero-order valence-corrected chi connectivity index (χ0v) is 6.34. The van der Waals surface area contributed by atoms with Crippen molar-refractivity contribution in [1.29, 1.82) is 0 Å². The van der Waals surface area contributed by atoms with E-state index in [1.165, 1.54) is 6.07 Å². The third kappa shape index (κ3) is 1.01. The van der Waals surface area contributed by atoms with Gasteiger partial charge in [0.1, 0.15) is 0 Å². The van der Waals surface area contributed by atoms with E-state index < -0.39 is 23.6 Å². The molecule has 0 saturated carbocycles. The number of anilines is 1. The van der Waals surface area contributed by atoms with E-state index in [1.54, 1.807) is 0 Å². The van der Waals surface area contributed by atoms with Crippen molar-refractivity contribution >= 4 is 11.6 Å². The average molecular weight is 185 g/mol. The van der Waals surface area contributed by atoms with Crippen LogP contribution in [0.5, 0.6) is 0 Å². The summed E-state index contributed by atoms with van der Waals surface area (Å²) in [6.07, 6.45) is -1.40. The Morgan fingerprint density at radius 3 is 2.77 bits per heavy atom. The summed E-state index contributed by atoms with van der Waals surface area (Å²) in [5.74, 6) is -2.92. The number of aliphatic hydroxyl groups excluding tert-OH is 1. The molecule has 5 heteroatoms. The Hall–Kier alpha value is -1.49. The first kappa shape index (κ1) is 8.12. The van der Waals surface area contributed by atoms with Gasteiger partial charge in [-0.2, -0.15) is 0 Å². The fourth-order valence-corrected chi connectivity index (χ4v) is 1.25. The van der Waals surface area contributed by atoms with Gasteiger partial charge >= 0.3 is 0 Å². The van der Waals surface area contributed by atoms with Gasteiger partial charge in [-0.1, -0.05) is 6.07 Å². The zero-order chi connectivity index (χ0) is 9.59. The zero-order valence-electron chi connectivity index (χ0n) is 6.34. The summed E-state index contributed by atoms with van der Waals surface area (Å²) in [6.45, 7) is 0. The van der Waals surface area contributed by atoms with Crippen LogP contribution in [-0.2, 0) is 4.79 Å². The van der Waals surface area contributed by atoms with Crippen molar-refractivity contribution in [2.75, 3.05) is 5.32 Å². The Balaban J connectivity index is 2.64. The van der Waals surface area contributed by atoms with E-state index in [0.29, 0.717) is 0 Å². The van der Waals surface area contributed by atoms with Gasteiger partial charge in [-0.05, 0) is 6.07 Å². The van der Waals surface area contributed by atoms with Crippen molar-refractivity contribution in [3.8, 4) is 0 Å². The average Bonchev–Trinajstić information content (AvgIpc) is 2.38. The summed E-state index contributed by atoms with van der Waals surface area (Å²) in [6, 6.07) is 2.05. The van der Waals surface area contributed by atoms with E-state index in [0.717, 1.165) is 6.07 Å². The number of hydrogen-bond acceptors (Lipinski definition) is 2. The molecule has 1 atom stereocenters. The predicted molar refractivity (Wildman–Crippen MR) is 39.9 cm³/mol. The van der Waals surface area contributed by atoms with Gasteiger partial charge in [-0.15, -0.1) is 0 Å². The molecule has 2 N–H and O–H groups in total. The SMILES string of the molecule is O=C1Nc2c(ccc(F)c2F)C1O. The van der Waals surface area contributed by atoms with Crippen molar-refractivity contribution in [2.24, 2.45) is 0 Å². The van der Waals surface area contributed by atoms with E-state index in [2.05, 4.69) is 5.32 Å². The van der Waals surface area contributed by atoms with Gasteiger partial charge in [0, 0.05) is 5.56 Å². The number of amides is 1. The molecule has 1 aliphatic rings. The maximum atomic E-state index is 12.9. The van der Waals surface area contributed by atoms with Crippen LogP contribution in [0.4, 0.5) is 14.5 Å². The minimum atomic E-state index is -1.40. The first-order valence-corrected chi connectivity index (χ1v) is 3.58. The van der Waals surface area contributed by atoms with Crippen LogP contribution < -0.4 is 5.32 Å². The van der Waals surface area contributed by atoms with Crippen LogP contribution in [0, 0.1) is 11.6 Å². The van der Waals surface area contributed by atoms with Crippen LogP contribution in [0.25, 0.3) is 0 Å². The van der Waals surface area contributed by atoms with Crippen LogP contribution in [0.3, 0.4) is 0 Å². The standard InChI is InChI=1S/C8H5F2NO2/c9-4-2-1-3-6(5(4)10)11-8(13)7(3)12/h1-2,7,12H,(H,11,13). The number of nitrogens with one attached hydrogen (secondary N) is 1. The molecule has 3 nitrogen and oxygen atoms in total. The van der Waals surface area contributed by atoms with Crippen molar-refractivity contribution in [1.82, 2.24) is 0 Å². The molecule has 0 spiro atoms. The molecule has 2 rings (SSSR count). The molecule has 0 aliphatic carbocycles. The fourth-order valence-electron chi connectivity index (χ4n) is 1.25. The number of benzene rings is 1. The number of carbonyl (C=O) groups is 1. The van der Waals surface area contributed by atoms with Crippen molar-refractivity contribution in [3.05, 3.63) is 29.3 Å². The third-order valence-corrected chi connectivity index (χ3v) is 1.92. The van der Waals surface area contributed by atoms with Crippen LogP contribution >= 0.6 is 0 Å². The number of fused-ring (bicyclic) bond motifs is 1. The molecular formula is C8H5F2NO2. The Labute approximate surface area is 72.0 Å².